The van der Waals surface area contributed by atoms with Gasteiger partial charge in [0, 0.05) is 41.7 Å². The number of hydrogen-bond donors (Lipinski definition) is 1. The molecule has 1 amide bonds. The molecule has 1 N–H and O–H groups in total. The van der Waals surface area contributed by atoms with E-state index in [1.54, 1.807) is 0 Å². The lowest BCUT2D eigenvalue weighted by Crippen LogP contribution is -2.30. The lowest BCUT2D eigenvalue weighted by Gasteiger charge is -2.11. The Bertz CT molecular complexity index is 140. The van der Waals surface area contributed by atoms with Gasteiger partial charge in [0.05, 0.1) is 0 Å². The number of nitrogens with one attached hydrogen (secondary N) is 1. The maximum Gasteiger partial charge on any atom is 0.283 e. The smallest absolute Gasteiger partial charge is 0.283 e. The zero-order valence-electron chi connectivity index (χ0n) is 5.93. The highest BCUT2D eigenvalue weighted by atomic mass is 127. The highest BCUT2D eigenvalue weighted by Crippen LogP contribution is 2.11. The number of amides is 1. The Kier molecular flexibility index (Phi) is 2.91. The lowest BCUT2D eigenvalue weighted by molar-refractivity contribution is 0.235. The fraction of sp³-hybridized carbons (Fsp3) is 0.833. The molecule has 4 heteroatoms. The molecule has 1 heterocycles. The van der Waals surface area contributed by atoms with Gasteiger partial charge in [-0.15, -0.1) is 0 Å². The quantitative estimate of drug-likeness (QED) is 0.427. The van der Waals surface area contributed by atoms with Crippen LogP contribution in [0.3, 0.4) is 0 Å². The molecule has 1 rings (SSSR count). The zero-order chi connectivity index (χ0) is 7.56. The Labute approximate surface area is 74.3 Å². The van der Waals surface area contributed by atoms with Crippen LogP contribution in [0.2, 0.25) is 0 Å². The third-order valence-electron chi connectivity index (χ3n) is 1.85. The Balaban J connectivity index is 2.35. The van der Waals surface area contributed by atoms with Gasteiger partial charge in [-0.25, -0.2) is 0 Å². The van der Waals surface area contributed by atoms with E-state index in [1.807, 2.05) is 34.5 Å². The average Bonchev–Trinajstić information content (AvgIpc) is 2.34. The van der Waals surface area contributed by atoms with Crippen LogP contribution in [-0.4, -0.2) is 35.0 Å². The van der Waals surface area contributed by atoms with Crippen molar-refractivity contribution in [1.82, 2.24) is 10.2 Å². The highest BCUT2D eigenvalue weighted by Gasteiger charge is 2.22. The maximum atomic E-state index is 10.8. The number of nitrogens with zero attached hydrogens (tertiary/aromatic N) is 1. The van der Waals surface area contributed by atoms with Crippen LogP contribution >= 0.6 is 22.6 Å². The van der Waals surface area contributed by atoms with Crippen LogP contribution in [0.1, 0.15) is 6.42 Å². The predicted molar refractivity (Wildman–Crippen MR) is 48.5 cm³/mol. The van der Waals surface area contributed by atoms with Gasteiger partial charge in [0.15, 0.2) is 0 Å². The maximum absolute atomic E-state index is 10.8. The minimum Gasteiger partial charge on any atom is -0.333 e. The van der Waals surface area contributed by atoms with Crippen LogP contribution in [0.15, 0.2) is 0 Å². The molecule has 1 aliphatic rings. The molecular formula is C6H11IN2O. The topological polar surface area (TPSA) is 32.3 Å². The summed E-state index contributed by atoms with van der Waals surface area (Å²) >= 11 is 1.83. The van der Waals surface area contributed by atoms with E-state index in [0.29, 0.717) is 6.04 Å². The van der Waals surface area contributed by atoms with E-state index >= 15 is 0 Å². The van der Waals surface area contributed by atoms with Gasteiger partial charge in [0.1, 0.15) is 0 Å². The Morgan fingerprint density at radius 2 is 2.50 bits per heavy atom. The van der Waals surface area contributed by atoms with Gasteiger partial charge in [-0.1, -0.05) is 0 Å². The van der Waals surface area contributed by atoms with Gasteiger partial charge in [-0.3, -0.25) is 4.79 Å². The van der Waals surface area contributed by atoms with Gasteiger partial charge in [0.2, 0.25) is 0 Å². The van der Waals surface area contributed by atoms with Crippen LogP contribution in [0.25, 0.3) is 0 Å². The third kappa shape index (κ3) is 1.82. The summed E-state index contributed by atoms with van der Waals surface area (Å²) < 4.78 is 0.162. The van der Waals surface area contributed by atoms with E-state index in [-0.39, 0.29) is 3.91 Å². The van der Waals surface area contributed by atoms with E-state index in [9.17, 15) is 4.79 Å². The number of carbonyl (C=O) groups excluding carboxylic acids is 1. The van der Waals surface area contributed by atoms with Crippen molar-refractivity contribution in [3.05, 3.63) is 0 Å². The molecule has 0 aliphatic carbocycles. The van der Waals surface area contributed by atoms with Crippen LogP contribution in [0.5, 0.6) is 0 Å². The van der Waals surface area contributed by atoms with E-state index in [1.165, 1.54) is 0 Å². The summed E-state index contributed by atoms with van der Waals surface area (Å²) in [6.07, 6.45) is 1.09. The van der Waals surface area contributed by atoms with E-state index in [4.69, 9.17) is 0 Å². The summed E-state index contributed by atoms with van der Waals surface area (Å²) in [6.45, 7) is 1.78. The summed E-state index contributed by atoms with van der Waals surface area (Å²) in [6, 6.07) is 0.513. The number of halogens is 1. The van der Waals surface area contributed by atoms with E-state index < -0.39 is 0 Å². The molecule has 3 nitrogen and oxygen atoms in total. The molecule has 0 aromatic carbocycles. The first-order valence-electron chi connectivity index (χ1n) is 3.35. The molecule has 0 unspecified atom stereocenters. The minimum atomic E-state index is 0.162. The number of hydrogen-bond acceptors (Lipinski definition) is 2. The summed E-state index contributed by atoms with van der Waals surface area (Å²) in [4.78, 5) is 12.7. The SMILES string of the molecule is CN[C@@H]1CCN(C(=O)I)C1. The normalized spacial score (nSPS) is 25.4. The molecule has 58 valence electrons. The second-order valence-corrected chi connectivity index (χ2v) is 3.40. The largest absolute Gasteiger partial charge is 0.333 e. The Morgan fingerprint density at radius 3 is 2.80 bits per heavy atom. The third-order valence-corrected chi connectivity index (χ3v) is 2.53. The molecule has 0 saturated carbocycles. The molecule has 0 spiro atoms. The van der Waals surface area contributed by atoms with Crippen LogP contribution in [0.4, 0.5) is 4.79 Å². The lowest BCUT2D eigenvalue weighted by atomic mass is 10.3. The van der Waals surface area contributed by atoms with Crippen molar-refractivity contribution in [2.45, 2.75) is 12.5 Å². The first-order valence-corrected chi connectivity index (χ1v) is 4.43. The van der Waals surface area contributed by atoms with Crippen LogP contribution in [-0.2, 0) is 0 Å². The molecule has 10 heavy (non-hydrogen) atoms. The Hall–Kier alpha value is 0.160. The molecule has 1 fully saturated rings. The minimum absolute atomic E-state index is 0.162. The first kappa shape index (κ1) is 8.26. The first-order chi connectivity index (χ1) is 4.74. The standard InChI is InChI=1S/C6H11IN2O/c1-8-5-2-3-9(4-5)6(7)10/h5,8H,2-4H2,1H3/t5-/m1/s1. The molecule has 1 saturated heterocycles. The number of rotatable bonds is 1. The van der Waals surface area contributed by atoms with Crippen molar-refractivity contribution in [1.29, 1.82) is 0 Å². The molecule has 0 radical (unpaired) electrons. The van der Waals surface area contributed by atoms with Crippen molar-refractivity contribution in [3.8, 4) is 0 Å². The van der Waals surface area contributed by atoms with Crippen molar-refractivity contribution >= 4 is 26.5 Å². The van der Waals surface area contributed by atoms with Gasteiger partial charge in [-0.2, -0.15) is 0 Å². The molecule has 0 bridgehead atoms. The number of carbonyl (C=O) groups is 1. The van der Waals surface area contributed by atoms with Gasteiger partial charge in [-0.05, 0) is 13.5 Å². The van der Waals surface area contributed by atoms with Gasteiger partial charge >= 0.3 is 0 Å². The predicted octanol–water partition coefficient (Wildman–Crippen LogP) is 0.835. The molecule has 1 aliphatic heterocycles. The van der Waals surface area contributed by atoms with Crippen LogP contribution < -0.4 is 5.32 Å². The summed E-state index contributed by atoms with van der Waals surface area (Å²) in [5.41, 5.74) is 0. The summed E-state index contributed by atoms with van der Waals surface area (Å²) in [7, 11) is 1.94. The zero-order valence-corrected chi connectivity index (χ0v) is 8.09. The average molecular weight is 254 g/mol. The van der Waals surface area contributed by atoms with E-state index in [0.717, 1.165) is 19.5 Å². The Morgan fingerprint density at radius 1 is 1.80 bits per heavy atom. The van der Waals surface area contributed by atoms with Gasteiger partial charge < -0.3 is 10.2 Å². The number of likely N-dealkylation sites (tertiary alicyclic amines) is 1. The monoisotopic (exact) mass is 254 g/mol. The summed E-state index contributed by atoms with van der Waals surface area (Å²) in [5, 5.41) is 3.15. The van der Waals surface area contributed by atoms with Crippen molar-refractivity contribution in [2.75, 3.05) is 20.1 Å². The fourth-order valence-corrected chi connectivity index (χ4v) is 1.59. The van der Waals surface area contributed by atoms with Crippen LogP contribution in [0, 0.1) is 0 Å². The van der Waals surface area contributed by atoms with Crippen molar-refractivity contribution < 1.29 is 4.79 Å². The molecule has 1 atom stereocenters. The molecular weight excluding hydrogens is 243 g/mol. The second-order valence-electron chi connectivity index (χ2n) is 2.47. The van der Waals surface area contributed by atoms with Crippen molar-refractivity contribution in [3.63, 3.8) is 0 Å². The molecule has 0 aromatic heterocycles. The van der Waals surface area contributed by atoms with E-state index in [2.05, 4.69) is 5.32 Å². The number of likely N-dealkylation sites (N-methyl/N-ethyl adjacent to an activating group) is 1. The molecule has 0 aromatic rings. The highest BCUT2D eigenvalue weighted by molar-refractivity contribution is 14.1. The van der Waals surface area contributed by atoms with Crippen molar-refractivity contribution in [2.24, 2.45) is 0 Å². The fourth-order valence-electron chi connectivity index (χ4n) is 1.16. The summed E-state index contributed by atoms with van der Waals surface area (Å²) in [5.74, 6) is 0. The second kappa shape index (κ2) is 3.52. The van der Waals surface area contributed by atoms with Gasteiger partial charge in [0.25, 0.3) is 3.91 Å².